The van der Waals surface area contributed by atoms with Gasteiger partial charge in [-0.1, -0.05) is 30.3 Å². The highest BCUT2D eigenvalue weighted by atomic mass is 19.4. The minimum atomic E-state index is -4.83. The first-order valence-corrected chi connectivity index (χ1v) is 6.90. The van der Waals surface area contributed by atoms with Gasteiger partial charge in [-0.25, -0.2) is 0 Å². The van der Waals surface area contributed by atoms with Gasteiger partial charge in [0.2, 0.25) is 0 Å². The number of allylic oxidation sites excluding steroid dienone is 1. The Morgan fingerprint density at radius 2 is 1.60 bits per heavy atom. The van der Waals surface area contributed by atoms with E-state index in [0.717, 1.165) is 18.2 Å². The van der Waals surface area contributed by atoms with Gasteiger partial charge in [-0.05, 0) is 24.3 Å². The van der Waals surface area contributed by atoms with Gasteiger partial charge in [-0.3, -0.25) is 4.79 Å². The van der Waals surface area contributed by atoms with E-state index in [4.69, 9.17) is 0 Å². The van der Waals surface area contributed by atoms with Gasteiger partial charge in [0.1, 0.15) is 5.75 Å². The molecule has 1 N–H and O–H groups in total. The average Bonchev–Trinajstić information content (AvgIpc) is 2.55. The van der Waals surface area contributed by atoms with Crippen LogP contribution in [0.1, 0.15) is 10.4 Å². The minimum absolute atomic E-state index is 0.144. The number of halogens is 3. The number of carbonyl (C=O) groups excluding carboxylic acids is 2. The van der Waals surface area contributed by atoms with Crippen LogP contribution in [-0.2, 0) is 4.79 Å². The van der Waals surface area contributed by atoms with Gasteiger partial charge in [0, 0.05) is 17.3 Å². The molecule has 0 atom stereocenters. The quantitative estimate of drug-likeness (QED) is 0.640. The summed E-state index contributed by atoms with van der Waals surface area (Å²) in [6.07, 6.45) is -3.99. The molecule has 0 aliphatic heterocycles. The van der Waals surface area contributed by atoms with E-state index in [1.165, 1.54) is 24.3 Å². The lowest BCUT2D eigenvalue weighted by Crippen LogP contribution is -2.29. The van der Waals surface area contributed by atoms with Crippen molar-refractivity contribution in [3.05, 3.63) is 71.9 Å². The lowest BCUT2D eigenvalue weighted by Gasteiger charge is -2.13. The van der Waals surface area contributed by atoms with Gasteiger partial charge >= 0.3 is 6.36 Å². The predicted octanol–water partition coefficient (Wildman–Crippen LogP) is 2.51. The maximum atomic E-state index is 12.1. The van der Waals surface area contributed by atoms with Crippen molar-refractivity contribution in [3.63, 3.8) is 0 Å². The Kier molecular flexibility index (Phi) is 5.43. The van der Waals surface area contributed by atoms with Crippen LogP contribution in [0.15, 0.2) is 66.4 Å². The Morgan fingerprint density at radius 1 is 1.00 bits per heavy atom. The van der Waals surface area contributed by atoms with Crippen LogP contribution < -0.4 is 15.2 Å². The zero-order valence-electron chi connectivity index (χ0n) is 12.5. The van der Waals surface area contributed by atoms with Gasteiger partial charge in [0.15, 0.2) is 5.78 Å². The van der Waals surface area contributed by atoms with Crippen molar-refractivity contribution in [2.24, 2.45) is 0 Å². The lowest BCUT2D eigenvalue weighted by molar-refractivity contribution is -0.299. The maximum absolute atomic E-state index is 12.1. The first-order chi connectivity index (χ1) is 11.7. The summed E-state index contributed by atoms with van der Waals surface area (Å²) in [5.41, 5.74) is -0.110. The number of hydrogen-bond donors (Lipinski definition) is 1. The zero-order valence-corrected chi connectivity index (χ0v) is 12.5. The summed E-state index contributed by atoms with van der Waals surface area (Å²) in [6.45, 7) is 0. The molecule has 0 aromatic heterocycles. The normalized spacial score (nSPS) is 11.7. The highest BCUT2D eigenvalue weighted by Gasteiger charge is 2.30. The van der Waals surface area contributed by atoms with E-state index in [-0.39, 0.29) is 11.3 Å². The fourth-order valence-corrected chi connectivity index (χ4v) is 1.86. The number of ether oxygens (including phenoxy) is 1. The van der Waals surface area contributed by atoms with Gasteiger partial charge < -0.3 is 20.0 Å². The van der Waals surface area contributed by atoms with E-state index in [0.29, 0.717) is 0 Å². The topological polar surface area (TPSA) is 78.5 Å². The zero-order chi connectivity index (χ0) is 18.4. The van der Waals surface area contributed by atoms with E-state index >= 15 is 0 Å². The minimum Gasteiger partial charge on any atom is -0.543 e. The summed E-state index contributed by atoms with van der Waals surface area (Å²) in [6, 6.07) is 12.3. The number of aliphatic carboxylic acids is 1. The number of carboxylic acid groups (broad SMARTS) is 1. The Labute approximate surface area is 140 Å². The van der Waals surface area contributed by atoms with Gasteiger partial charge in [-0.15, -0.1) is 13.2 Å². The van der Waals surface area contributed by atoms with Crippen molar-refractivity contribution >= 4 is 17.4 Å². The van der Waals surface area contributed by atoms with Gasteiger partial charge in [0.05, 0.1) is 11.7 Å². The third-order valence-corrected chi connectivity index (χ3v) is 2.92. The Bertz CT molecular complexity index is 784. The van der Waals surface area contributed by atoms with Crippen LogP contribution in [0.3, 0.4) is 0 Å². The standard InChI is InChI=1S/C17H12F3NO4/c18-17(19,20)25-13-8-6-12(7-9-13)21-14(16(23)24)10-15(22)11-4-2-1-3-5-11/h1-10,21H,(H,23,24)/p-1/b14-10-. The molecule has 0 amide bonds. The van der Waals surface area contributed by atoms with Crippen molar-refractivity contribution in [1.29, 1.82) is 0 Å². The SMILES string of the molecule is O=C([O-])/C(=C/C(=O)c1ccccc1)Nc1ccc(OC(F)(F)F)cc1. The van der Waals surface area contributed by atoms with E-state index < -0.39 is 29.6 Å². The van der Waals surface area contributed by atoms with Crippen molar-refractivity contribution in [3.8, 4) is 5.75 Å². The molecule has 0 spiro atoms. The smallest absolute Gasteiger partial charge is 0.543 e. The summed E-state index contributed by atoms with van der Waals surface area (Å²) in [4.78, 5) is 23.2. The Balaban J connectivity index is 2.15. The molecule has 25 heavy (non-hydrogen) atoms. The van der Waals surface area contributed by atoms with Crippen LogP contribution in [0.2, 0.25) is 0 Å². The van der Waals surface area contributed by atoms with E-state index in [9.17, 15) is 27.9 Å². The second-order valence-electron chi connectivity index (χ2n) is 4.77. The molecule has 2 aromatic rings. The number of alkyl halides is 3. The van der Waals surface area contributed by atoms with Crippen molar-refractivity contribution in [2.45, 2.75) is 6.36 Å². The number of rotatable bonds is 6. The van der Waals surface area contributed by atoms with E-state index in [1.807, 2.05) is 0 Å². The molecular weight excluding hydrogens is 339 g/mol. The summed E-state index contributed by atoms with van der Waals surface area (Å²) in [5.74, 6) is -2.67. The van der Waals surface area contributed by atoms with Crippen molar-refractivity contribution in [1.82, 2.24) is 0 Å². The molecule has 5 nitrogen and oxygen atoms in total. The molecule has 2 aromatic carbocycles. The van der Waals surface area contributed by atoms with Crippen LogP contribution in [0.4, 0.5) is 18.9 Å². The van der Waals surface area contributed by atoms with Crippen LogP contribution >= 0.6 is 0 Å². The number of benzene rings is 2. The second kappa shape index (κ2) is 7.52. The number of nitrogens with one attached hydrogen (secondary N) is 1. The summed E-state index contributed by atoms with van der Waals surface area (Å²) in [7, 11) is 0. The molecular formula is C17H11F3NO4-. The third kappa shape index (κ3) is 5.69. The highest BCUT2D eigenvalue weighted by molar-refractivity contribution is 6.08. The largest absolute Gasteiger partial charge is 0.573 e. The van der Waals surface area contributed by atoms with Crippen LogP contribution in [0.25, 0.3) is 0 Å². The summed E-state index contributed by atoms with van der Waals surface area (Å²) >= 11 is 0. The molecule has 2 rings (SSSR count). The highest BCUT2D eigenvalue weighted by Crippen LogP contribution is 2.24. The third-order valence-electron chi connectivity index (χ3n) is 2.92. The first-order valence-electron chi connectivity index (χ1n) is 6.90. The molecule has 0 heterocycles. The van der Waals surface area contributed by atoms with E-state index in [1.54, 1.807) is 18.2 Å². The summed E-state index contributed by atoms with van der Waals surface area (Å²) in [5, 5.41) is 13.6. The Morgan fingerprint density at radius 3 is 2.12 bits per heavy atom. The Hall–Kier alpha value is -3.29. The molecule has 8 heteroatoms. The summed E-state index contributed by atoms with van der Waals surface area (Å²) < 4.78 is 40.0. The fourth-order valence-electron chi connectivity index (χ4n) is 1.86. The number of carboxylic acids is 1. The van der Waals surface area contributed by atoms with Crippen LogP contribution in [-0.4, -0.2) is 18.1 Å². The molecule has 130 valence electrons. The van der Waals surface area contributed by atoms with Crippen molar-refractivity contribution < 1.29 is 32.6 Å². The monoisotopic (exact) mass is 350 g/mol. The number of ketones is 1. The van der Waals surface area contributed by atoms with Crippen molar-refractivity contribution in [2.75, 3.05) is 5.32 Å². The predicted molar refractivity (Wildman–Crippen MR) is 80.6 cm³/mol. The number of carbonyl (C=O) groups is 2. The van der Waals surface area contributed by atoms with Crippen LogP contribution in [0, 0.1) is 0 Å². The fraction of sp³-hybridized carbons (Fsp3) is 0.0588. The second-order valence-corrected chi connectivity index (χ2v) is 4.77. The maximum Gasteiger partial charge on any atom is 0.573 e. The molecule has 0 fully saturated rings. The molecule has 0 aliphatic carbocycles. The van der Waals surface area contributed by atoms with Crippen LogP contribution in [0.5, 0.6) is 5.75 Å². The molecule has 0 unspecified atom stereocenters. The van der Waals surface area contributed by atoms with E-state index in [2.05, 4.69) is 10.1 Å². The first kappa shape index (κ1) is 18.1. The lowest BCUT2D eigenvalue weighted by atomic mass is 10.1. The van der Waals surface area contributed by atoms with Gasteiger partial charge in [0.25, 0.3) is 0 Å². The number of hydrogen-bond acceptors (Lipinski definition) is 5. The number of anilines is 1. The molecule has 0 saturated carbocycles. The average molecular weight is 350 g/mol. The molecule has 0 saturated heterocycles. The molecule has 0 radical (unpaired) electrons. The molecule has 0 bridgehead atoms. The van der Waals surface area contributed by atoms with Gasteiger partial charge in [-0.2, -0.15) is 0 Å². The molecule has 0 aliphatic rings.